The fraction of sp³-hybridized carbons (Fsp3) is 0.375. The summed E-state index contributed by atoms with van der Waals surface area (Å²) in [5.74, 6) is -0.637. The van der Waals surface area contributed by atoms with Crippen LogP contribution in [0.1, 0.15) is 26.7 Å². The van der Waals surface area contributed by atoms with E-state index in [1.807, 2.05) is 0 Å². The van der Waals surface area contributed by atoms with E-state index in [0.717, 1.165) is 11.4 Å². The fourth-order valence-electron chi connectivity index (χ4n) is 1.68. The maximum atomic E-state index is 11.1. The molecule has 0 heterocycles. The first-order valence-corrected chi connectivity index (χ1v) is 6.76. The molecule has 0 saturated heterocycles. The van der Waals surface area contributed by atoms with E-state index in [1.165, 1.54) is 14.2 Å². The van der Waals surface area contributed by atoms with Crippen LogP contribution in [0.3, 0.4) is 0 Å². The predicted octanol–water partition coefficient (Wildman–Crippen LogP) is 3.00. The Balaban J connectivity index is 2.74. The van der Waals surface area contributed by atoms with Gasteiger partial charge in [0.1, 0.15) is 0 Å². The standard InChI is InChI=1S/C16H20N2O4/c1-11(9-15(19)21-3)17-13-5-7-14(8-6-13)18-12(2)10-16(20)22-4/h5-8H,9-10H2,1-4H3. The molecule has 0 aliphatic heterocycles. The van der Waals surface area contributed by atoms with Crippen molar-refractivity contribution in [3.63, 3.8) is 0 Å². The number of methoxy groups -OCH3 is 2. The van der Waals surface area contributed by atoms with Crippen LogP contribution in [0.15, 0.2) is 34.3 Å². The molecule has 1 aromatic rings. The molecule has 1 aromatic carbocycles. The molecule has 0 N–H and O–H groups in total. The summed E-state index contributed by atoms with van der Waals surface area (Å²) in [6.45, 7) is 3.53. The molecule has 6 heteroatoms. The first kappa shape index (κ1) is 17.6. The van der Waals surface area contributed by atoms with E-state index in [4.69, 9.17) is 0 Å². The number of esters is 2. The Labute approximate surface area is 129 Å². The van der Waals surface area contributed by atoms with Crippen molar-refractivity contribution in [2.75, 3.05) is 14.2 Å². The summed E-state index contributed by atoms with van der Waals surface area (Å²) in [5, 5.41) is 0. The summed E-state index contributed by atoms with van der Waals surface area (Å²) in [6.07, 6.45) is 0.323. The molecule has 0 bridgehead atoms. The molecule has 1 rings (SSSR count). The summed E-state index contributed by atoms with van der Waals surface area (Å²) < 4.78 is 9.17. The van der Waals surface area contributed by atoms with Crippen LogP contribution in [-0.2, 0) is 19.1 Å². The SMILES string of the molecule is COC(=O)CC(C)=Nc1ccc(N=C(C)CC(=O)OC)cc1. The first-order chi connectivity index (χ1) is 10.4. The van der Waals surface area contributed by atoms with Crippen molar-refractivity contribution in [2.45, 2.75) is 26.7 Å². The van der Waals surface area contributed by atoms with Gasteiger partial charge in [0.2, 0.25) is 0 Å². The Bertz CT molecular complexity index is 536. The van der Waals surface area contributed by atoms with Gasteiger partial charge in [-0.2, -0.15) is 0 Å². The largest absolute Gasteiger partial charge is 0.469 e. The van der Waals surface area contributed by atoms with Crippen LogP contribution in [-0.4, -0.2) is 37.6 Å². The third kappa shape index (κ3) is 6.30. The Morgan fingerprint density at radius 3 is 1.41 bits per heavy atom. The molecule has 0 amide bonds. The molecule has 0 spiro atoms. The lowest BCUT2D eigenvalue weighted by atomic mass is 10.2. The number of aliphatic imine (C=N–C) groups is 2. The summed E-state index contributed by atoms with van der Waals surface area (Å²) in [4.78, 5) is 30.9. The van der Waals surface area contributed by atoms with Crippen molar-refractivity contribution in [3.8, 4) is 0 Å². The number of benzene rings is 1. The number of hydrogen-bond acceptors (Lipinski definition) is 6. The minimum absolute atomic E-state index is 0.161. The van der Waals surface area contributed by atoms with E-state index in [1.54, 1.807) is 38.1 Å². The molecule has 0 aromatic heterocycles. The van der Waals surface area contributed by atoms with E-state index in [-0.39, 0.29) is 24.8 Å². The molecule has 0 aliphatic rings. The summed E-state index contributed by atoms with van der Waals surface area (Å²) in [7, 11) is 2.69. The normalized spacial score (nSPS) is 12.0. The number of carbonyl (C=O) groups excluding carboxylic acids is 2. The van der Waals surface area contributed by atoms with Gasteiger partial charge in [-0.3, -0.25) is 19.6 Å². The molecule has 0 saturated carbocycles. The van der Waals surface area contributed by atoms with Crippen molar-refractivity contribution in [1.29, 1.82) is 0 Å². The Hall–Kier alpha value is -2.50. The number of ether oxygens (including phenoxy) is 2. The average Bonchev–Trinajstić information content (AvgIpc) is 2.48. The van der Waals surface area contributed by atoms with Gasteiger partial charge >= 0.3 is 11.9 Å². The molecular formula is C16H20N2O4. The van der Waals surface area contributed by atoms with Crippen LogP contribution >= 0.6 is 0 Å². The third-order valence-corrected chi connectivity index (χ3v) is 2.75. The van der Waals surface area contributed by atoms with Crippen molar-refractivity contribution < 1.29 is 19.1 Å². The smallest absolute Gasteiger partial charge is 0.311 e. The summed E-state index contributed by atoms with van der Waals surface area (Å²) >= 11 is 0. The average molecular weight is 304 g/mol. The molecule has 0 radical (unpaired) electrons. The predicted molar refractivity (Wildman–Crippen MR) is 85.2 cm³/mol. The lowest BCUT2D eigenvalue weighted by Crippen LogP contribution is -2.06. The van der Waals surface area contributed by atoms with Crippen molar-refractivity contribution >= 4 is 34.7 Å². The molecule has 0 aliphatic carbocycles. The Morgan fingerprint density at radius 1 is 0.818 bits per heavy atom. The molecule has 22 heavy (non-hydrogen) atoms. The second-order valence-corrected chi connectivity index (χ2v) is 4.72. The number of carbonyl (C=O) groups is 2. The molecule has 0 unspecified atom stereocenters. The van der Waals surface area contributed by atoms with E-state index in [2.05, 4.69) is 19.5 Å². The van der Waals surface area contributed by atoms with Crippen LogP contribution in [0.4, 0.5) is 11.4 Å². The van der Waals surface area contributed by atoms with Gasteiger partial charge in [-0.1, -0.05) is 0 Å². The number of nitrogens with zero attached hydrogens (tertiary/aromatic N) is 2. The van der Waals surface area contributed by atoms with Gasteiger partial charge < -0.3 is 9.47 Å². The number of rotatable bonds is 6. The van der Waals surface area contributed by atoms with E-state index < -0.39 is 0 Å². The van der Waals surface area contributed by atoms with Crippen LogP contribution in [0.2, 0.25) is 0 Å². The van der Waals surface area contributed by atoms with Gasteiger partial charge in [-0.05, 0) is 38.1 Å². The number of hydrogen-bond donors (Lipinski definition) is 0. The lowest BCUT2D eigenvalue weighted by molar-refractivity contribution is -0.140. The molecule has 0 fully saturated rings. The van der Waals surface area contributed by atoms with Crippen LogP contribution < -0.4 is 0 Å². The van der Waals surface area contributed by atoms with Crippen molar-refractivity contribution in [3.05, 3.63) is 24.3 Å². The van der Waals surface area contributed by atoms with Gasteiger partial charge in [0, 0.05) is 11.4 Å². The van der Waals surface area contributed by atoms with E-state index in [0.29, 0.717) is 11.4 Å². The zero-order chi connectivity index (χ0) is 16.5. The minimum atomic E-state index is -0.319. The van der Waals surface area contributed by atoms with E-state index in [9.17, 15) is 9.59 Å². The maximum absolute atomic E-state index is 11.1. The summed E-state index contributed by atoms with van der Waals surface area (Å²) in [5.41, 5.74) is 2.80. The highest BCUT2D eigenvalue weighted by molar-refractivity contribution is 5.99. The monoisotopic (exact) mass is 304 g/mol. The quantitative estimate of drug-likeness (QED) is 0.598. The Morgan fingerprint density at radius 2 is 1.14 bits per heavy atom. The van der Waals surface area contributed by atoms with Crippen LogP contribution in [0.25, 0.3) is 0 Å². The third-order valence-electron chi connectivity index (χ3n) is 2.75. The minimum Gasteiger partial charge on any atom is -0.469 e. The zero-order valence-corrected chi connectivity index (χ0v) is 13.3. The van der Waals surface area contributed by atoms with Gasteiger partial charge in [0.25, 0.3) is 0 Å². The van der Waals surface area contributed by atoms with Crippen LogP contribution in [0.5, 0.6) is 0 Å². The van der Waals surface area contributed by atoms with Crippen molar-refractivity contribution in [1.82, 2.24) is 0 Å². The van der Waals surface area contributed by atoms with Crippen LogP contribution in [0, 0.1) is 0 Å². The molecule has 0 atom stereocenters. The van der Waals surface area contributed by atoms with Gasteiger partial charge in [-0.15, -0.1) is 0 Å². The molecule has 118 valence electrons. The zero-order valence-electron chi connectivity index (χ0n) is 13.3. The summed E-state index contributed by atoms with van der Waals surface area (Å²) in [6, 6.07) is 7.19. The molecular weight excluding hydrogens is 284 g/mol. The highest BCUT2D eigenvalue weighted by Gasteiger charge is 2.04. The first-order valence-electron chi connectivity index (χ1n) is 6.76. The second-order valence-electron chi connectivity index (χ2n) is 4.72. The van der Waals surface area contributed by atoms with Gasteiger partial charge in [0.05, 0.1) is 38.4 Å². The highest BCUT2D eigenvalue weighted by atomic mass is 16.5. The highest BCUT2D eigenvalue weighted by Crippen LogP contribution is 2.19. The maximum Gasteiger partial charge on any atom is 0.311 e. The fourth-order valence-corrected chi connectivity index (χ4v) is 1.68. The Kier molecular flexibility index (Phi) is 6.95. The topological polar surface area (TPSA) is 77.3 Å². The molecule has 6 nitrogen and oxygen atoms in total. The van der Waals surface area contributed by atoms with Gasteiger partial charge in [0.15, 0.2) is 0 Å². The lowest BCUT2D eigenvalue weighted by Gasteiger charge is -2.02. The van der Waals surface area contributed by atoms with E-state index >= 15 is 0 Å². The van der Waals surface area contributed by atoms with Crippen molar-refractivity contribution in [2.24, 2.45) is 9.98 Å². The van der Waals surface area contributed by atoms with Gasteiger partial charge in [-0.25, -0.2) is 0 Å². The second kappa shape index (κ2) is 8.71.